The van der Waals surface area contributed by atoms with Crippen molar-refractivity contribution in [1.82, 2.24) is 4.57 Å². The van der Waals surface area contributed by atoms with Gasteiger partial charge in [0, 0.05) is 11.9 Å². The lowest BCUT2D eigenvalue weighted by Crippen LogP contribution is -1.93. The largest absolute Gasteiger partial charge is 0.331 e. The molecule has 0 bridgehead atoms. The predicted octanol–water partition coefficient (Wildman–Crippen LogP) is 3.75. The Morgan fingerprint density at radius 2 is 2.12 bits per heavy atom. The van der Waals surface area contributed by atoms with Crippen LogP contribution in [0, 0.1) is 11.3 Å². The van der Waals surface area contributed by atoms with Gasteiger partial charge in [0.15, 0.2) is 0 Å². The van der Waals surface area contributed by atoms with Crippen molar-refractivity contribution in [3.63, 3.8) is 0 Å². The summed E-state index contributed by atoms with van der Waals surface area (Å²) < 4.78 is 1.97. The Labute approximate surface area is 100 Å². The summed E-state index contributed by atoms with van der Waals surface area (Å²) in [5.74, 6) is 0. The first-order valence-electron chi connectivity index (χ1n) is 5.43. The molecule has 0 radical (unpaired) electrons. The van der Waals surface area contributed by atoms with Crippen LogP contribution in [0.25, 0.3) is 10.9 Å². The Morgan fingerprint density at radius 3 is 2.69 bits per heavy atom. The lowest BCUT2D eigenvalue weighted by atomic mass is 10.1. The number of aryl methyl sites for hydroxylation is 2. The Hall–Kier alpha value is -1.46. The van der Waals surface area contributed by atoms with Crippen LogP contribution in [0.2, 0.25) is 5.15 Å². The highest BCUT2D eigenvalue weighted by Gasteiger charge is 2.14. The molecule has 0 saturated heterocycles. The topological polar surface area (TPSA) is 28.7 Å². The molecule has 1 aromatic heterocycles. The van der Waals surface area contributed by atoms with Crippen molar-refractivity contribution in [1.29, 1.82) is 5.26 Å². The number of hydrogen-bond donors (Lipinski definition) is 0. The molecule has 0 spiro atoms. The third-order valence-electron chi connectivity index (χ3n) is 2.90. The number of aromatic nitrogens is 1. The van der Waals surface area contributed by atoms with Gasteiger partial charge >= 0.3 is 0 Å². The van der Waals surface area contributed by atoms with Gasteiger partial charge < -0.3 is 4.57 Å². The second-order valence-corrected chi connectivity index (χ2v) is 4.08. The van der Waals surface area contributed by atoms with Crippen molar-refractivity contribution in [2.24, 2.45) is 0 Å². The molecule has 0 atom stereocenters. The average Bonchev–Trinajstić information content (AvgIpc) is 2.59. The summed E-state index contributed by atoms with van der Waals surface area (Å²) in [5, 5.41) is 10.7. The molecule has 0 aliphatic carbocycles. The van der Waals surface area contributed by atoms with E-state index >= 15 is 0 Å². The van der Waals surface area contributed by atoms with Crippen molar-refractivity contribution in [3.8, 4) is 6.07 Å². The Kier molecular flexibility index (Phi) is 2.89. The number of hydrogen-bond acceptors (Lipinski definition) is 1. The predicted molar refractivity (Wildman–Crippen MR) is 66.7 cm³/mol. The fraction of sp³-hybridized carbons (Fsp3) is 0.308. The van der Waals surface area contributed by atoms with Crippen LogP contribution in [-0.2, 0) is 13.0 Å². The van der Waals surface area contributed by atoms with Gasteiger partial charge in [-0.15, -0.1) is 0 Å². The highest BCUT2D eigenvalue weighted by atomic mass is 35.5. The van der Waals surface area contributed by atoms with Gasteiger partial charge in [0.1, 0.15) is 11.2 Å². The van der Waals surface area contributed by atoms with E-state index in [4.69, 9.17) is 16.9 Å². The van der Waals surface area contributed by atoms with E-state index in [9.17, 15) is 0 Å². The van der Waals surface area contributed by atoms with Crippen LogP contribution in [0.1, 0.15) is 25.0 Å². The molecule has 1 heterocycles. The summed E-state index contributed by atoms with van der Waals surface area (Å²) in [4.78, 5) is 0. The van der Waals surface area contributed by atoms with Crippen molar-refractivity contribution in [3.05, 3.63) is 34.5 Å². The maximum atomic E-state index is 9.14. The van der Waals surface area contributed by atoms with Crippen molar-refractivity contribution in [2.75, 3.05) is 0 Å². The van der Waals surface area contributed by atoms with Crippen LogP contribution >= 0.6 is 11.6 Å². The van der Waals surface area contributed by atoms with Crippen LogP contribution in [0.15, 0.2) is 18.2 Å². The summed E-state index contributed by atoms with van der Waals surface area (Å²) >= 11 is 6.19. The summed E-state index contributed by atoms with van der Waals surface area (Å²) in [5.41, 5.74) is 2.86. The Balaban J connectivity index is 2.85. The van der Waals surface area contributed by atoms with Crippen LogP contribution < -0.4 is 0 Å². The number of halogens is 1. The molecule has 82 valence electrons. The molecule has 0 aliphatic heterocycles. The molecule has 0 fully saturated rings. The van der Waals surface area contributed by atoms with Gasteiger partial charge in [0.25, 0.3) is 0 Å². The summed E-state index contributed by atoms with van der Waals surface area (Å²) in [6.45, 7) is 4.91. The van der Waals surface area contributed by atoms with Gasteiger partial charge in [-0.2, -0.15) is 5.26 Å². The Bertz CT molecular complexity index is 576. The van der Waals surface area contributed by atoms with Crippen LogP contribution in [0.5, 0.6) is 0 Å². The zero-order valence-corrected chi connectivity index (χ0v) is 10.2. The first kappa shape index (κ1) is 11.0. The van der Waals surface area contributed by atoms with E-state index in [1.807, 2.05) is 17.6 Å². The molecular weight excluding hydrogens is 220 g/mol. The molecule has 0 saturated carbocycles. The fourth-order valence-corrected chi connectivity index (χ4v) is 2.36. The minimum Gasteiger partial charge on any atom is -0.331 e. The number of nitrogens with zero attached hydrogens (tertiary/aromatic N) is 2. The third-order valence-corrected chi connectivity index (χ3v) is 3.29. The highest BCUT2D eigenvalue weighted by molar-refractivity contribution is 6.32. The van der Waals surface area contributed by atoms with Crippen LogP contribution in [0.3, 0.4) is 0 Å². The van der Waals surface area contributed by atoms with E-state index in [0.717, 1.165) is 23.9 Å². The average molecular weight is 233 g/mol. The molecule has 2 rings (SSSR count). The van der Waals surface area contributed by atoms with Crippen molar-refractivity contribution in [2.45, 2.75) is 26.8 Å². The number of rotatable bonds is 2. The van der Waals surface area contributed by atoms with Gasteiger partial charge in [0.05, 0.1) is 11.1 Å². The van der Waals surface area contributed by atoms with Crippen molar-refractivity contribution >= 4 is 22.5 Å². The molecule has 1 aromatic carbocycles. The molecule has 0 N–H and O–H groups in total. The van der Waals surface area contributed by atoms with E-state index in [2.05, 4.69) is 25.1 Å². The molecule has 3 heteroatoms. The molecule has 2 aromatic rings. The van der Waals surface area contributed by atoms with Crippen LogP contribution in [-0.4, -0.2) is 4.57 Å². The quantitative estimate of drug-likeness (QED) is 0.775. The smallest absolute Gasteiger partial charge is 0.128 e. The lowest BCUT2D eigenvalue weighted by Gasteiger charge is -2.02. The standard InChI is InChI=1S/C13H13ClN2/c1-3-9-5-6-12-10(7-9)11(8-15)13(14)16(12)4-2/h5-7H,3-4H2,1-2H3. The fourth-order valence-electron chi connectivity index (χ4n) is 2.01. The summed E-state index contributed by atoms with van der Waals surface area (Å²) in [6, 6.07) is 8.39. The van der Waals surface area contributed by atoms with Gasteiger partial charge in [0.2, 0.25) is 0 Å². The van der Waals surface area contributed by atoms with E-state index in [0.29, 0.717) is 10.7 Å². The minimum absolute atomic E-state index is 0.549. The second kappa shape index (κ2) is 4.19. The zero-order valence-electron chi connectivity index (χ0n) is 9.42. The SMILES string of the molecule is CCc1ccc2c(c1)c(C#N)c(Cl)n2CC. The number of fused-ring (bicyclic) bond motifs is 1. The lowest BCUT2D eigenvalue weighted by molar-refractivity contribution is 0.797. The normalized spacial score (nSPS) is 10.6. The van der Waals surface area contributed by atoms with Gasteiger partial charge in [-0.3, -0.25) is 0 Å². The van der Waals surface area contributed by atoms with Gasteiger partial charge in [-0.05, 0) is 31.0 Å². The van der Waals surface area contributed by atoms with Crippen LogP contribution in [0.4, 0.5) is 0 Å². The molecule has 0 amide bonds. The highest BCUT2D eigenvalue weighted by Crippen LogP contribution is 2.30. The minimum atomic E-state index is 0.549. The first-order chi connectivity index (χ1) is 7.72. The second-order valence-electron chi connectivity index (χ2n) is 3.73. The van der Waals surface area contributed by atoms with Gasteiger partial charge in [-0.25, -0.2) is 0 Å². The summed E-state index contributed by atoms with van der Waals surface area (Å²) in [6.07, 6.45) is 0.968. The van der Waals surface area contributed by atoms with E-state index in [1.54, 1.807) is 0 Å². The molecule has 16 heavy (non-hydrogen) atoms. The molecular formula is C13H13ClN2. The van der Waals surface area contributed by atoms with Crippen molar-refractivity contribution < 1.29 is 0 Å². The molecule has 2 nitrogen and oxygen atoms in total. The van der Waals surface area contributed by atoms with Gasteiger partial charge in [-0.1, -0.05) is 24.6 Å². The van der Waals surface area contributed by atoms with E-state index in [-0.39, 0.29) is 0 Å². The third kappa shape index (κ3) is 1.48. The first-order valence-corrected chi connectivity index (χ1v) is 5.81. The molecule has 0 unspecified atom stereocenters. The maximum Gasteiger partial charge on any atom is 0.128 e. The molecule has 0 aliphatic rings. The Morgan fingerprint density at radius 1 is 1.38 bits per heavy atom. The zero-order chi connectivity index (χ0) is 11.7. The number of nitriles is 1. The van der Waals surface area contributed by atoms with E-state index < -0.39 is 0 Å². The monoisotopic (exact) mass is 232 g/mol. The number of benzene rings is 1. The summed E-state index contributed by atoms with van der Waals surface area (Å²) in [7, 11) is 0. The van der Waals surface area contributed by atoms with E-state index in [1.165, 1.54) is 5.56 Å². The maximum absolute atomic E-state index is 9.14.